The minimum absolute atomic E-state index is 0.501. The van der Waals surface area contributed by atoms with E-state index >= 15 is 0 Å². The number of ether oxygens (including phenoxy) is 1. The van der Waals surface area contributed by atoms with E-state index in [1.54, 1.807) is 19.4 Å². The third kappa shape index (κ3) is 2.46. The van der Waals surface area contributed by atoms with E-state index in [4.69, 9.17) is 4.74 Å². The zero-order valence-corrected chi connectivity index (χ0v) is 12.8. The van der Waals surface area contributed by atoms with Crippen LogP contribution in [0.15, 0.2) is 36.7 Å². The first kappa shape index (κ1) is 14.3. The predicted molar refractivity (Wildman–Crippen MR) is 85.8 cm³/mol. The van der Waals surface area contributed by atoms with Gasteiger partial charge in [0.05, 0.1) is 29.2 Å². The molecule has 112 valence electrons. The molecule has 0 radical (unpaired) electrons. The van der Waals surface area contributed by atoms with E-state index < -0.39 is 6.09 Å². The summed E-state index contributed by atoms with van der Waals surface area (Å²) in [7, 11) is 3.10. The second-order valence-corrected chi connectivity index (χ2v) is 5.62. The normalized spacial score (nSPS) is 10.6. The summed E-state index contributed by atoms with van der Waals surface area (Å²) in [5.74, 6) is 0.764. The standard InChI is InChI=1S/C15H13N3O3S/c1-18(15(19)20)12-8-16-6-5-10(12)14-17-11-4-3-9(21-2)7-13(11)22-14/h3-8H,1-2H3,(H,19,20). The Kier molecular flexibility index (Phi) is 3.64. The number of carbonyl (C=O) groups is 1. The van der Waals surface area contributed by atoms with Crippen LogP contribution in [0.3, 0.4) is 0 Å². The number of hydrogen-bond donors (Lipinski definition) is 1. The van der Waals surface area contributed by atoms with Gasteiger partial charge in [-0.1, -0.05) is 0 Å². The zero-order chi connectivity index (χ0) is 15.7. The molecule has 0 aliphatic carbocycles. The van der Waals surface area contributed by atoms with Gasteiger partial charge in [0.2, 0.25) is 0 Å². The second-order valence-electron chi connectivity index (χ2n) is 4.59. The summed E-state index contributed by atoms with van der Waals surface area (Å²) in [6.07, 6.45) is 2.11. The Labute approximate surface area is 130 Å². The van der Waals surface area contributed by atoms with E-state index in [9.17, 15) is 9.90 Å². The first-order chi connectivity index (χ1) is 10.6. The SMILES string of the molecule is COc1ccc2nc(-c3ccncc3N(C)C(=O)O)sc2c1. The van der Waals surface area contributed by atoms with E-state index in [2.05, 4.69) is 9.97 Å². The van der Waals surface area contributed by atoms with Crippen molar-refractivity contribution in [3.63, 3.8) is 0 Å². The van der Waals surface area contributed by atoms with Crippen molar-refractivity contribution in [1.82, 2.24) is 9.97 Å². The number of pyridine rings is 1. The maximum Gasteiger partial charge on any atom is 0.411 e. The molecule has 2 aromatic heterocycles. The molecular weight excluding hydrogens is 302 g/mol. The lowest BCUT2D eigenvalue weighted by Crippen LogP contribution is -2.24. The molecule has 22 heavy (non-hydrogen) atoms. The van der Waals surface area contributed by atoms with E-state index in [1.165, 1.54) is 24.6 Å². The van der Waals surface area contributed by atoms with Crippen molar-refractivity contribution in [2.45, 2.75) is 0 Å². The number of fused-ring (bicyclic) bond motifs is 1. The third-order valence-electron chi connectivity index (χ3n) is 3.27. The number of amides is 1. The van der Waals surface area contributed by atoms with Crippen LogP contribution in [0.5, 0.6) is 5.75 Å². The summed E-state index contributed by atoms with van der Waals surface area (Å²) in [6, 6.07) is 7.42. The topological polar surface area (TPSA) is 75.6 Å². The molecule has 1 aromatic carbocycles. The number of carboxylic acid groups (broad SMARTS) is 1. The lowest BCUT2D eigenvalue weighted by molar-refractivity contribution is 0.203. The van der Waals surface area contributed by atoms with Crippen molar-refractivity contribution in [3.8, 4) is 16.3 Å². The van der Waals surface area contributed by atoms with Crippen LogP contribution in [-0.2, 0) is 0 Å². The van der Waals surface area contributed by atoms with Gasteiger partial charge in [0.1, 0.15) is 10.8 Å². The summed E-state index contributed by atoms with van der Waals surface area (Å²) in [4.78, 5) is 20.9. The Hall–Kier alpha value is -2.67. The maximum atomic E-state index is 11.2. The van der Waals surface area contributed by atoms with Gasteiger partial charge in [-0.3, -0.25) is 9.88 Å². The highest BCUT2D eigenvalue weighted by Crippen LogP contribution is 2.36. The van der Waals surface area contributed by atoms with Crippen molar-refractivity contribution < 1.29 is 14.6 Å². The lowest BCUT2D eigenvalue weighted by Gasteiger charge is -2.15. The van der Waals surface area contributed by atoms with E-state index in [0.717, 1.165) is 31.4 Å². The van der Waals surface area contributed by atoms with Crippen molar-refractivity contribution in [2.75, 3.05) is 19.1 Å². The molecule has 1 amide bonds. The molecule has 3 aromatic rings. The number of benzene rings is 1. The molecule has 7 heteroatoms. The van der Waals surface area contributed by atoms with Crippen LogP contribution in [0.2, 0.25) is 0 Å². The molecule has 3 rings (SSSR count). The Morgan fingerprint density at radius 2 is 2.18 bits per heavy atom. The maximum absolute atomic E-state index is 11.2. The number of hydrogen-bond acceptors (Lipinski definition) is 5. The number of nitrogens with zero attached hydrogens (tertiary/aromatic N) is 3. The smallest absolute Gasteiger partial charge is 0.411 e. The molecule has 0 unspecified atom stereocenters. The fourth-order valence-corrected chi connectivity index (χ4v) is 3.11. The molecule has 0 saturated carbocycles. The van der Waals surface area contributed by atoms with Crippen molar-refractivity contribution in [3.05, 3.63) is 36.7 Å². The number of rotatable bonds is 3. The van der Waals surface area contributed by atoms with Gasteiger partial charge in [-0.05, 0) is 24.3 Å². The highest BCUT2D eigenvalue weighted by Gasteiger charge is 2.17. The number of methoxy groups -OCH3 is 1. The van der Waals surface area contributed by atoms with Gasteiger partial charge in [-0.15, -0.1) is 11.3 Å². The minimum Gasteiger partial charge on any atom is -0.497 e. The molecule has 0 atom stereocenters. The fourth-order valence-electron chi connectivity index (χ4n) is 2.08. The van der Waals surface area contributed by atoms with Crippen LogP contribution in [0, 0.1) is 0 Å². The average molecular weight is 315 g/mol. The largest absolute Gasteiger partial charge is 0.497 e. The highest BCUT2D eigenvalue weighted by atomic mass is 32.1. The minimum atomic E-state index is -1.04. The van der Waals surface area contributed by atoms with Gasteiger partial charge in [0, 0.05) is 18.8 Å². The molecule has 0 fully saturated rings. The first-order valence-electron chi connectivity index (χ1n) is 6.46. The van der Waals surface area contributed by atoms with Crippen LogP contribution < -0.4 is 9.64 Å². The van der Waals surface area contributed by atoms with Gasteiger partial charge in [-0.2, -0.15) is 0 Å². The molecule has 0 bridgehead atoms. The van der Waals surface area contributed by atoms with Crippen LogP contribution in [0.1, 0.15) is 0 Å². The van der Waals surface area contributed by atoms with E-state index in [0.29, 0.717) is 5.69 Å². The summed E-state index contributed by atoms with van der Waals surface area (Å²) < 4.78 is 6.20. The van der Waals surface area contributed by atoms with Crippen LogP contribution in [0.4, 0.5) is 10.5 Å². The van der Waals surface area contributed by atoms with E-state index in [1.807, 2.05) is 18.2 Å². The molecule has 0 aliphatic heterocycles. The third-order valence-corrected chi connectivity index (χ3v) is 4.33. The number of anilines is 1. The van der Waals surface area contributed by atoms with Gasteiger partial charge in [0.25, 0.3) is 0 Å². The second kappa shape index (κ2) is 5.61. The molecule has 1 N–H and O–H groups in total. The summed E-state index contributed by atoms with van der Waals surface area (Å²) in [6.45, 7) is 0. The van der Waals surface area contributed by atoms with Crippen LogP contribution >= 0.6 is 11.3 Å². The zero-order valence-electron chi connectivity index (χ0n) is 12.0. The molecule has 0 aliphatic rings. The monoisotopic (exact) mass is 315 g/mol. The van der Waals surface area contributed by atoms with Crippen molar-refractivity contribution in [2.24, 2.45) is 0 Å². The van der Waals surface area contributed by atoms with Crippen molar-refractivity contribution >= 4 is 33.3 Å². The Bertz CT molecular complexity index is 847. The predicted octanol–water partition coefficient (Wildman–Crippen LogP) is 3.48. The first-order valence-corrected chi connectivity index (χ1v) is 7.27. The molecular formula is C15H13N3O3S. The highest BCUT2D eigenvalue weighted by molar-refractivity contribution is 7.21. The fraction of sp³-hybridized carbons (Fsp3) is 0.133. The van der Waals surface area contributed by atoms with Gasteiger partial charge in [-0.25, -0.2) is 9.78 Å². The van der Waals surface area contributed by atoms with Gasteiger partial charge in [0.15, 0.2) is 0 Å². The average Bonchev–Trinajstić information content (AvgIpc) is 2.96. The molecule has 0 saturated heterocycles. The summed E-state index contributed by atoms with van der Waals surface area (Å²) in [5, 5.41) is 9.92. The quantitative estimate of drug-likeness (QED) is 0.801. The van der Waals surface area contributed by atoms with E-state index in [-0.39, 0.29) is 0 Å². The molecule has 2 heterocycles. The summed E-state index contributed by atoms with van der Waals surface area (Å²) >= 11 is 1.48. The van der Waals surface area contributed by atoms with Gasteiger partial charge < -0.3 is 9.84 Å². The Morgan fingerprint density at radius 1 is 1.36 bits per heavy atom. The number of thiazole rings is 1. The van der Waals surface area contributed by atoms with Crippen molar-refractivity contribution in [1.29, 1.82) is 0 Å². The molecule has 6 nitrogen and oxygen atoms in total. The van der Waals surface area contributed by atoms with Crippen LogP contribution in [-0.4, -0.2) is 35.3 Å². The van der Waals surface area contributed by atoms with Crippen LogP contribution in [0.25, 0.3) is 20.8 Å². The molecule has 0 spiro atoms. The lowest BCUT2D eigenvalue weighted by atomic mass is 10.2. The Morgan fingerprint density at radius 3 is 2.91 bits per heavy atom. The summed E-state index contributed by atoms with van der Waals surface area (Å²) in [5.41, 5.74) is 2.09. The number of aromatic nitrogens is 2. The van der Waals surface area contributed by atoms with Gasteiger partial charge >= 0.3 is 6.09 Å². The Balaban J connectivity index is 2.13.